The molecular weight excluding hydrogens is 226 g/mol. The van der Waals surface area contributed by atoms with Crippen molar-refractivity contribution >= 4 is 5.97 Å². The molecule has 0 aliphatic heterocycles. The number of carbonyl (C=O) groups is 1. The molecule has 2 atom stereocenters. The highest BCUT2D eigenvalue weighted by Gasteiger charge is 2.24. The zero-order chi connectivity index (χ0) is 13.4. The highest BCUT2D eigenvalue weighted by atomic mass is 16.5. The van der Waals surface area contributed by atoms with Gasteiger partial charge in [0.25, 0.3) is 0 Å². The summed E-state index contributed by atoms with van der Waals surface area (Å²) in [5, 5.41) is 3.30. The Hall–Kier alpha value is -1.35. The molecule has 0 aliphatic carbocycles. The molecule has 1 aromatic carbocycles. The van der Waals surface area contributed by atoms with E-state index in [2.05, 4.69) is 19.2 Å². The average molecular weight is 249 g/mol. The predicted octanol–water partition coefficient (Wildman–Crippen LogP) is 2.75. The quantitative estimate of drug-likeness (QED) is 0.755. The summed E-state index contributed by atoms with van der Waals surface area (Å²) in [5.74, 6) is 0.109. The van der Waals surface area contributed by atoms with Gasteiger partial charge in [0, 0.05) is 6.54 Å². The van der Waals surface area contributed by atoms with Crippen LogP contribution >= 0.6 is 0 Å². The van der Waals surface area contributed by atoms with Gasteiger partial charge in [-0.1, -0.05) is 50.6 Å². The molecule has 0 aliphatic rings. The van der Waals surface area contributed by atoms with E-state index < -0.39 is 0 Å². The molecule has 0 aromatic heterocycles. The van der Waals surface area contributed by atoms with E-state index in [0.29, 0.717) is 6.54 Å². The summed E-state index contributed by atoms with van der Waals surface area (Å²) >= 11 is 0. The number of esters is 1. The third kappa shape index (κ3) is 4.49. The summed E-state index contributed by atoms with van der Waals surface area (Å²) in [5.41, 5.74) is 1.18. The summed E-state index contributed by atoms with van der Waals surface area (Å²) in [6, 6.07) is 9.85. The van der Waals surface area contributed by atoms with Gasteiger partial charge >= 0.3 is 5.97 Å². The predicted molar refractivity (Wildman–Crippen MR) is 73.2 cm³/mol. The molecule has 0 spiro atoms. The number of nitrogens with one attached hydrogen (secondary N) is 1. The Morgan fingerprint density at radius 1 is 1.33 bits per heavy atom. The van der Waals surface area contributed by atoms with Crippen molar-refractivity contribution in [1.82, 2.24) is 5.32 Å². The number of hydrogen-bond donors (Lipinski definition) is 1. The number of carbonyl (C=O) groups excluding carboxylic acids is 1. The molecule has 18 heavy (non-hydrogen) atoms. The van der Waals surface area contributed by atoms with Crippen molar-refractivity contribution in [2.45, 2.75) is 39.3 Å². The maximum Gasteiger partial charge on any atom is 0.323 e. The van der Waals surface area contributed by atoms with E-state index >= 15 is 0 Å². The Morgan fingerprint density at radius 3 is 2.56 bits per heavy atom. The van der Waals surface area contributed by atoms with Gasteiger partial charge in [-0.3, -0.25) is 4.79 Å². The Kier molecular flexibility index (Phi) is 6.44. The highest BCUT2D eigenvalue weighted by molar-refractivity contribution is 5.75. The molecule has 1 aromatic rings. The smallest absolute Gasteiger partial charge is 0.323 e. The normalized spacial score (nSPS) is 13.9. The lowest BCUT2D eigenvalue weighted by atomic mass is 9.96. The Bertz CT molecular complexity index is 351. The average Bonchev–Trinajstić information content (AvgIpc) is 2.40. The van der Waals surface area contributed by atoms with E-state index in [-0.39, 0.29) is 17.9 Å². The minimum Gasteiger partial charge on any atom is -0.468 e. The molecule has 3 nitrogen and oxygen atoms in total. The first kappa shape index (κ1) is 14.7. The zero-order valence-electron chi connectivity index (χ0n) is 11.5. The van der Waals surface area contributed by atoms with Crippen LogP contribution in [0.15, 0.2) is 30.3 Å². The largest absolute Gasteiger partial charge is 0.468 e. The van der Waals surface area contributed by atoms with Crippen LogP contribution in [0.4, 0.5) is 0 Å². The fourth-order valence-electron chi connectivity index (χ4n) is 2.09. The third-order valence-electron chi connectivity index (χ3n) is 3.14. The third-order valence-corrected chi connectivity index (χ3v) is 3.14. The molecule has 0 bridgehead atoms. The van der Waals surface area contributed by atoms with Crippen molar-refractivity contribution in [2.24, 2.45) is 5.92 Å². The standard InChI is InChI=1S/C15H23NO2/c1-4-8-12(2)14(15(17)18-3)16-11-13-9-6-5-7-10-13/h5-7,9-10,12,14,16H,4,8,11H2,1-3H3. The van der Waals surface area contributed by atoms with Crippen LogP contribution in [-0.4, -0.2) is 19.1 Å². The lowest BCUT2D eigenvalue weighted by Crippen LogP contribution is -2.42. The van der Waals surface area contributed by atoms with Crippen molar-refractivity contribution < 1.29 is 9.53 Å². The lowest BCUT2D eigenvalue weighted by Gasteiger charge is -2.22. The Morgan fingerprint density at radius 2 is 2.00 bits per heavy atom. The summed E-state index contributed by atoms with van der Waals surface area (Å²) in [6.07, 6.45) is 2.09. The molecule has 0 amide bonds. The second-order valence-corrected chi connectivity index (χ2v) is 4.63. The van der Waals surface area contributed by atoms with Crippen molar-refractivity contribution in [3.05, 3.63) is 35.9 Å². The first-order valence-corrected chi connectivity index (χ1v) is 6.54. The maximum atomic E-state index is 11.8. The van der Waals surface area contributed by atoms with Crippen LogP contribution in [0.2, 0.25) is 0 Å². The SMILES string of the molecule is CCCC(C)C(NCc1ccccc1)C(=O)OC. The molecule has 0 saturated heterocycles. The van der Waals surface area contributed by atoms with Crippen LogP contribution in [0.3, 0.4) is 0 Å². The molecule has 0 heterocycles. The van der Waals surface area contributed by atoms with Gasteiger partial charge in [0.1, 0.15) is 6.04 Å². The summed E-state index contributed by atoms with van der Waals surface area (Å²) in [4.78, 5) is 11.8. The first-order chi connectivity index (χ1) is 8.69. The molecule has 1 N–H and O–H groups in total. The second-order valence-electron chi connectivity index (χ2n) is 4.63. The lowest BCUT2D eigenvalue weighted by molar-refractivity contribution is -0.144. The van der Waals surface area contributed by atoms with Crippen LogP contribution in [0.25, 0.3) is 0 Å². The molecule has 100 valence electrons. The van der Waals surface area contributed by atoms with E-state index in [9.17, 15) is 4.79 Å². The topological polar surface area (TPSA) is 38.3 Å². The monoisotopic (exact) mass is 249 g/mol. The number of ether oxygens (including phenoxy) is 1. The zero-order valence-corrected chi connectivity index (χ0v) is 11.5. The number of hydrogen-bond acceptors (Lipinski definition) is 3. The van der Waals surface area contributed by atoms with Crippen LogP contribution in [0.5, 0.6) is 0 Å². The number of benzene rings is 1. The van der Waals surface area contributed by atoms with E-state index in [1.165, 1.54) is 12.7 Å². The molecule has 0 fully saturated rings. The second kappa shape index (κ2) is 7.88. The Labute approximate surface area is 110 Å². The van der Waals surface area contributed by atoms with Crippen molar-refractivity contribution in [2.75, 3.05) is 7.11 Å². The van der Waals surface area contributed by atoms with Crippen LogP contribution in [-0.2, 0) is 16.1 Å². The minimum atomic E-state index is -0.227. The summed E-state index contributed by atoms with van der Waals surface area (Å²) in [6.45, 7) is 4.90. The maximum absolute atomic E-state index is 11.8. The fourth-order valence-corrected chi connectivity index (χ4v) is 2.09. The van der Waals surface area contributed by atoms with Crippen LogP contribution in [0.1, 0.15) is 32.3 Å². The van der Waals surface area contributed by atoms with Gasteiger partial charge in [0.2, 0.25) is 0 Å². The number of rotatable bonds is 7. The van der Waals surface area contributed by atoms with Crippen molar-refractivity contribution in [3.63, 3.8) is 0 Å². The molecular formula is C15H23NO2. The highest BCUT2D eigenvalue weighted by Crippen LogP contribution is 2.13. The van der Waals surface area contributed by atoms with Crippen molar-refractivity contribution in [3.8, 4) is 0 Å². The van der Waals surface area contributed by atoms with E-state index in [1.807, 2.05) is 30.3 Å². The number of methoxy groups -OCH3 is 1. The van der Waals surface area contributed by atoms with Gasteiger partial charge in [0.15, 0.2) is 0 Å². The fraction of sp³-hybridized carbons (Fsp3) is 0.533. The van der Waals surface area contributed by atoms with Gasteiger partial charge < -0.3 is 10.1 Å². The van der Waals surface area contributed by atoms with Gasteiger partial charge in [-0.2, -0.15) is 0 Å². The summed E-state index contributed by atoms with van der Waals surface area (Å²) < 4.78 is 4.87. The van der Waals surface area contributed by atoms with E-state index in [0.717, 1.165) is 12.8 Å². The Balaban J connectivity index is 2.59. The van der Waals surface area contributed by atoms with Crippen LogP contribution in [0, 0.1) is 5.92 Å². The van der Waals surface area contributed by atoms with Gasteiger partial charge in [0.05, 0.1) is 7.11 Å². The molecule has 1 rings (SSSR count). The minimum absolute atomic E-state index is 0.174. The first-order valence-electron chi connectivity index (χ1n) is 6.54. The van der Waals surface area contributed by atoms with Crippen molar-refractivity contribution in [1.29, 1.82) is 0 Å². The van der Waals surface area contributed by atoms with E-state index in [1.54, 1.807) is 0 Å². The van der Waals surface area contributed by atoms with Gasteiger partial charge in [-0.05, 0) is 17.9 Å². The molecule has 0 saturated carbocycles. The molecule has 2 unspecified atom stereocenters. The van der Waals surface area contributed by atoms with Gasteiger partial charge in [-0.15, -0.1) is 0 Å². The van der Waals surface area contributed by atoms with Crippen LogP contribution < -0.4 is 5.32 Å². The molecule has 3 heteroatoms. The van der Waals surface area contributed by atoms with Gasteiger partial charge in [-0.25, -0.2) is 0 Å². The summed E-state index contributed by atoms with van der Waals surface area (Å²) in [7, 11) is 1.44. The molecule has 0 radical (unpaired) electrons. The van der Waals surface area contributed by atoms with E-state index in [4.69, 9.17) is 4.74 Å².